The summed E-state index contributed by atoms with van der Waals surface area (Å²) in [5.41, 5.74) is 1.18. The fourth-order valence-corrected chi connectivity index (χ4v) is 3.89. The summed E-state index contributed by atoms with van der Waals surface area (Å²) < 4.78 is 47.3. The smallest absolute Gasteiger partial charge is 0.416 e. The summed E-state index contributed by atoms with van der Waals surface area (Å²) in [6, 6.07) is 16.8. The molecule has 0 bridgehead atoms. The molecule has 188 valence electrons. The Kier molecular flexibility index (Phi) is 6.45. The van der Waals surface area contributed by atoms with Gasteiger partial charge in [0.1, 0.15) is 12.3 Å². The summed E-state index contributed by atoms with van der Waals surface area (Å²) in [6.07, 6.45) is -1.32. The van der Waals surface area contributed by atoms with E-state index in [1.165, 1.54) is 29.0 Å². The van der Waals surface area contributed by atoms with Crippen molar-refractivity contribution in [3.8, 4) is 22.8 Å². The molecule has 0 amide bonds. The number of para-hydroxylation sites is 1. The number of ether oxygens (including phenoxy) is 1. The molecule has 5 aromatic rings. The molecule has 1 N–H and O–H groups in total. The van der Waals surface area contributed by atoms with Crippen LogP contribution in [-0.4, -0.2) is 42.6 Å². The van der Waals surface area contributed by atoms with Crippen molar-refractivity contribution in [3.63, 3.8) is 0 Å². The van der Waals surface area contributed by atoms with E-state index >= 15 is 0 Å². The minimum absolute atomic E-state index is 0.0954. The highest BCUT2D eigenvalue weighted by Crippen LogP contribution is 2.32. The Morgan fingerprint density at radius 2 is 1.78 bits per heavy atom. The molecule has 0 aliphatic rings. The molecule has 8 nitrogen and oxygen atoms in total. The lowest BCUT2D eigenvalue weighted by Gasteiger charge is -2.08. The van der Waals surface area contributed by atoms with Gasteiger partial charge in [-0.1, -0.05) is 18.2 Å². The van der Waals surface area contributed by atoms with Crippen molar-refractivity contribution in [2.24, 2.45) is 0 Å². The van der Waals surface area contributed by atoms with E-state index in [-0.39, 0.29) is 25.3 Å². The Hall–Kier alpha value is -4.51. The van der Waals surface area contributed by atoms with Crippen molar-refractivity contribution in [2.45, 2.75) is 12.7 Å². The van der Waals surface area contributed by atoms with Crippen LogP contribution in [0.25, 0.3) is 27.8 Å². The number of halogens is 3. The second kappa shape index (κ2) is 9.86. The largest absolute Gasteiger partial charge is 0.475 e. The van der Waals surface area contributed by atoms with Gasteiger partial charge in [0.2, 0.25) is 5.88 Å². The first kappa shape index (κ1) is 24.2. The van der Waals surface area contributed by atoms with Crippen LogP contribution in [-0.2, 0) is 12.7 Å². The van der Waals surface area contributed by atoms with E-state index in [9.17, 15) is 18.0 Å². The second-order valence-electron chi connectivity index (χ2n) is 8.09. The van der Waals surface area contributed by atoms with Crippen LogP contribution in [0.5, 0.6) is 5.88 Å². The summed E-state index contributed by atoms with van der Waals surface area (Å²) in [4.78, 5) is 21.3. The molecule has 3 heterocycles. The molecule has 37 heavy (non-hydrogen) atoms. The average Bonchev–Trinajstić information content (AvgIpc) is 3.28. The van der Waals surface area contributed by atoms with Crippen molar-refractivity contribution in [3.05, 3.63) is 101 Å². The zero-order valence-corrected chi connectivity index (χ0v) is 19.3. The molecule has 0 radical (unpaired) electrons. The third kappa shape index (κ3) is 5.07. The number of rotatable bonds is 7. The maximum absolute atomic E-state index is 13.0. The van der Waals surface area contributed by atoms with Crippen LogP contribution in [0.4, 0.5) is 13.2 Å². The lowest BCUT2D eigenvalue weighted by molar-refractivity contribution is -0.137. The van der Waals surface area contributed by atoms with Crippen LogP contribution in [0, 0.1) is 0 Å². The zero-order valence-electron chi connectivity index (χ0n) is 19.3. The molecular formula is C26H20F3N5O3. The molecule has 0 saturated heterocycles. The van der Waals surface area contributed by atoms with Gasteiger partial charge in [-0.05, 0) is 36.4 Å². The van der Waals surface area contributed by atoms with Crippen molar-refractivity contribution < 1.29 is 23.0 Å². The Labute approximate surface area is 208 Å². The molecule has 5 rings (SSSR count). The number of aliphatic hydroxyl groups is 1. The normalized spacial score (nSPS) is 11.7. The molecule has 3 aromatic heterocycles. The Bertz CT molecular complexity index is 1610. The molecule has 0 unspecified atom stereocenters. The highest BCUT2D eigenvalue weighted by Gasteiger charge is 2.30. The van der Waals surface area contributed by atoms with E-state index in [1.54, 1.807) is 23.0 Å². The minimum atomic E-state index is -4.43. The molecular weight excluding hydrogens is 487 g/mol. The van der Waals surface area contributed by atoms with Crippen molar-refractivity contribution in [1.82, 2.24) is 24.3 Å². The van der Waals surface area contributed by atoms with Gasteiger partial charge in [0.05, 0.1) is 29.9 Å². The highest BCUT2D eigenvalue weighted by molar-refractivity contribution is 5.94. The Morgan fingerprint density at radius 1 is 1.00 bits per heavy atom. The summed E-state index contributed by atoms with van der Waals surface area (Å²) in [5, 5.41) is 14.3. The van der Waals surface area contributed by atoms with E-state index in [0.717, 1.165) is 17.5 Å². The number of pyridine rings is 1. The van der Waals surface area contributed by atoms with Gasteiger partial charge in [-0.25, -0.2) is 9.67 Å². The number of benzene rings is 2. The van der Waals surface area contributed by atoms with Gasteiger partial charge in [-0.15, -0.1) is 0 Å². The Morgan fingerprint density at radius 3 is 2.51 bits per heavy atom. The molecule has 0 atom stereocenters. The monoisotopic (exact) mass is 507 g/mol. The number of aromatic nitrogens is 5. The summed E-state index contributed by atoms with van der Waals surface area (Å²) in [6.45, 7) is 0.0535. The molecule has 2 aromatic carbocycles. The van der Waals surface area contributed by atoms with E-state index in [2.05, 4.69) is 15.1 Å². The maximum atomic E-state index is 13.0. The third-order valence-electron chi connectivity index (χ3n) is 5.63. The maximum Gasteiger partial charge on any atom is 0.416 e. The topological polar surface area (TPSA) is 95.1 Å². The lowest BCUT2D eigenvalue weighted by atomic mass is 10.1. The summed E-state index contributed by atoms with van der Waals surface area (Å²) in [7, 11) is 0. The van der Waals surface area contributed by atoms with Crippen LogP contribution >= 0.6 is 0 Å². The van der Waals surface area contributed by atoms with E-state index in [0.29, 0.717) is 34.2 Å². The lowest BCUT2D eigenvalue weighted by Crippen LogP contribution is -2.20. The van der Waals surface area contributed by atoms with Crippen LogP contribution in [0.3, 0.4) is 0 Å². The van der Waals surface area contributed by atoms with Crippen LogP contribution in [0.2, 0.25) is 0 Å². The van der Waals surface area contributed by atoms with E-state index < -0.39 is 11.7 Å². The average molecular weight is 507 g/mol. The number of fused-ring (bicyclic) bond motifs is 1. The molecule has 11 heteroatoms. The van der Waals surface area contributed by atoms with Crippen LogP contribution in [0.15, 0.2) is 83.9 Å². The SMILES string of the molecule is O=c1cc(-c2nn(-c3ccc(C(F)(F)F)cc3)c3ccccc23)ccn1Cc1nccc(OCCO)n1. The molecule has 0 aliphatic heterocycles. The van der Waals surface area contributed by atoms with Gasteiger partial charge in [0.15, 0.2) is 5.82 Å². The van der Waals surface area contributed by atoms with Crippen molar-refractivity contribution in [2.75, 3.05) is 13.2 Å². The predicted octanol–water partition coefficient (Wildman–Crippen LogP) is 4.08. The molecule has 0 spiro atoms. The van der Waals surface area contributed by atoms with Crippen molar-refractivity contribution in [1.29, 1.82) is 0 Å². The van der Waals surface area contributed by atoms with Crippen molar-refractivity contribution >= 4 is 10.9 Å². The second-order valence-corrected chi connectivity index (χ2v) is 8.09. The van der Waals surface area contributed by atoms with E-state index in [4.69, 9.17) is 9.84 Å². The highest BCUT2D eigenvalue weighted by atomic mass is 19.4. The number of hydrogen-bond acceptors (Lipinski definition) is 6. The predicted molar refractivity (Wildman–Crippen MR) is 129 cm³/mol. The summed E-state index contributed by atoms with van der Waals surface area (Å²) >= 11 is 0. The van der Waals surface area contributed by atoms with Gasteiger partial charge < -0.3 is 14.4 Å². The molecule has 0 fully saturated rings. The number of alkyl halides is 3. The standard InChI is InChI=1S/C26H20F3N5O3/c27-26(28,29)18-5-7-19(8-6-18)34-21-4-2-1-3-20(21)25(32-34)17-10-12-33(24(36)15-17)16-22-30-11-9-23(31-22)37-14-13-35/h1-12,15,35H,13-14,16H2. The molecule has 0 aliphatic carbocycles. The third-order valence-corrected chi connectivity index (χ3v) is 5.63. The van der Waals surface area contributed by atoms with Gasteiger partial charge in [-0.2, -0.15) is 23.3 Å². The number of aliphatic hydroxyl groups excluding tert-OH is 1. The van der Waals surface area contributed by atoms with Crippen LogP contribution < -0.4 is 10.3 Å². The van der Waals surface area contributed by atoms with Crippen LogP contribution in [0.1, 0.15) is 11.4 Å². The number of hydrogen-bond donors (Lipinski definition) is 1. The van der Waals surface area contributed by atoms with Gasteiger partial charge >= 0.3 is 6.18 Å². The van der Waals surface area contributed by atoms with Gasteiger partial charge in [-0.3, -0.25) is 4.79 Å². The van der Waals surface area contributed by atoms with Gasteiger partial charge in [0, 0.05) is 35.5 Å². The minimum Gasteiger partial charge on any atom is -0.475 e. The number of nitrogens with zero attached hydrogens (tertiary/aromatic N) is 5. The summed E-state index contributed by atoms with van der Waals surface area (Å²) in [5.74, 6) is 0.659. The zero-order chi connectivity index (χ0) is 26.0. The first-order valence-corrected chi connectivity index (χ1v) is 11.3. The molecule has 0 saturated carbocycles. The Balaban J connectivity index is 1.48. The quantitative estimate of drug-likeness (QED) is 0.357. The first-order chi connectivity index (χ1) is 17.8. The van der Waals surface area contributed by atoms with E-state index in [1.807, 2.05) is 24.3 Å². The first-order valence-electron chi connectivity index (χ1n) is 11.3. The fourth-order valence-electron chi connectivity index (χ4n) is 3.89. The van der Waals surface area contributed by atoms with Gasteiger partial charge in [0.25, 0.3) is 5.56 Å². The fraction of sp³-hybridized carbons (Fsp3) is 0.154.